The number of hydrogen-bond acceptors (Lipinski definition) is 4. The number of nitrogen functional groups attached to an aromatic ring is 1. The van der Waals surface area contributed by atoms with Crippen molar-refractivity contribution in [1.29, 1.82) is 0 Å². The summed E-state index contributed by atoms with van der Waals surface area (Å²) >= 11 is 1.40. The third-order valence-electron chi connectivity index (χ3n) is 1.79. The summed E-state index contributed by atoms with van der Waals surface area (Å²) in [4.78, 5) is 16.2. The number of hydrogen-bond donors (Lipinski definition) is 2. The van der Waals surface area contributed by atoms with Crippen molar-refractivity contribution in [1.82, 2.24) is 4.98 Å². The van der Waals surface area contributed by atoms with Crippen molar-refractivity contribution in [3.05, 3.63) is 40.7 Å². The highest BCUT2D eigenvalue weighted by molar-refractivity contribution is 7.12. The molecule has 3 N–H and O–H groups in total. The summed E-state index contributed by atoms with van der Waals surface area (Å²) in [7, 11) is 0. The number of nitrogens with one attached hydrogen (secondary N) is 1. The van der Waals surface area contributed by atoms with Crippen molar-refractivity contribution in [2.24, 2.45) is 0 Å². The lowest BCUT2D eigenvalue weighted by atomic mass is 10.3. The number of rotatable bonds is 2. The Morgan fingerprint density at radius 3 is 2.87 bits per heavy atom. The van der Waals surface area contributed by atoms with Gasteiger partial charge in [0.2, 0.25) is 0 Å². The van der Waals surface area contributed by atoms with Crippen LogP contribution in [0.25, 0.3) is 0 Å². The van der Waals surface area contributed by atoms with Gasteiger partial charge in [0.25, 0.3) is 5.91 Å². The Balaban J connectivity index is 2.09. The summed E-state index contributed by atoms with van der Waals surface area (Å²) in [5.74, 6) is 0.306. The second-order valence-electron chi connectivity index (χ2n) is 2.90. The molecule has 0 fully saturated rings. The zero-order valence-corrected chi connectivity index (χ0v) is 8.62. The SMILES string of the molecule is Nc1ccc(NC(=O)c2cccs2)cn1. The van der Waals surface area contributed by atoms with E-state index in [1.807, 2.05) is 11.4 Å². The molecule has 0 bridgehead atoms. The Morgan fingerprint density at radius 2 is 2.27 bits per heavy atom. The van der Waals surface area contributed by atoms with E-state index in [-0.39, 0.29) is 5.91 Å². The molecule has 0 aliphatic carbocycles. The summed E-state index contributed by atoms with van der Waals surface area (Å²) in [5, 5.41) is 4.58. The molecule has 2 rings (SSSR count). The first-order valence-electron chi connectivity index (χ1n) is 4.32. The van der Waals surface area contributed by atoms with Crippen molar-refractivity contribution in [2.75, 3.05) is 11.1 Å². The average Bonchev–Trinajstić information content (AvgIpc) is 2.74. The summed E-state index contributed by atoms with van der Waals surface area (Å²) in [6.07, 6.45) is 1.53. The van der Waals surface area contributed by atoms with Crippen LogP contribution in [0.3, 0.4) is 0 Å². The minimum Gasteiger partial charge on any atom is -0.384 e. The summed E-state index contributed by atoms with van der Waals surface area (Å²) in [5.41, 5.74) is 6.07. The number of nitrogens with zero attached hydrogens (tertiary/aromatic N) is 1. The number of pyridine rings is 1. The average molecular weight is 219 g/mol. The zero-order valence-electron chi connectivity index (χ0n) is 7.81. The third-order valence-corrected chi connectivity index (χ3v) is 2.66. The van der Waals surface area contributed by atoms with E-state index in [0.29, 0.717) is 16.4 Å². The monoisotopic (exact) mass is 219 g/mol. The number of carbonyl (C=O) groups excluding carboxylic acids is 1. The van der Waals surface area contributed by atoms with Gasteiger partial charge in [-0.15, -0.1) is 11.3 Å². The first-order chi connectivity index (χ1) is 7.25. The van der Waals surface area contributed by atoms with Crippen molar-refractivity contribution in [2.45, 2.75) is 0 Å². The highest BCUT2D eigenvalue weighted by Gasteiger charge is 2.06. The molecule has 0 aliphatic heterocycles. The van der Waals surface area contributed by atoms with Gasteiger partial charge in [0.05, 0.1) is 16.8 Å². The number of amides is 1. The van der Waals surface area contributed by atoms with Gasteiger partial charge in [-0.2, -0.15) is 0 Å². The van der Waals surface area contributed by atoms with Gasteiger partial charge in [-0.3, -0.25) is 4.79 Å². The van der Waals surface area contributed by atoms with E-state index in [4.69, 9.17) is 5.73 Å². The molecule has 2 aromatic heterocycles. The van der Waals surface area contributed by atoms with Crippen LogP contribution in [0.5, 0.6) is 0 Å². The predicted molar refractivity (Wildman–Crippen MR) is 60.9 cm³/mol. The van der Waals surface area contributed by atoms with Crippen LogP contribution in [0.4, 0.5) is 11.5 Å². The van der Waals surface area contributed by atoms with Crippen LogP contribution >= 0.6 is 11.3 Å². The summed E-state index contributed by atoms with van der Waals surface area (Å²) in [6.45, 7) is 0. The van der Waals surface area contributed by atoms with Crippen molar-refractivity contribution in [3.63, 3.8) is 0 Å². The van der Waals surface area contributed by atoms with Crippen LogP contribution in [-0.4, -0.2) is 10.9 Å². The van der Waals surface area contributed by atoms with E-state index in [1.54, 1.807) is 18.2 Å². The maximum atomic E-state index is 11.6. The Hall–Kier alpha value is -1.88. The van der Waals surface area contributed by atoms with E-state index in [1.165, 1.54) is 17.5 Å². The molecule has 0 aromatic carbocycles. The Morgan fingerprint density at radius 1 is 1.40 bits per heavy atom. The molecular weight excluding hydrogens is 210 g/mol. The van der Waals surface area contributed by atoms with E-state index in [0.717, 1.165) is 0 Å². The van der Waals surface area contributed by atoms with Gasteiger partial charge in [-0.1, -0.05) is 6.07 Å². The maximum Gasteiger partial charge on any atom is 0.265 e. The second kappa shape index (κ2) is 4.10. The number of anilines is 2. The molecule has 2 heterocycles. The molecule has 0 atom stereocenters. The molecule has 2 aromatic rings. The van der Waals surface area contributed by atoms with Gasteiger partial charge in [-0.05, 0) is 23.6 Å². The molecule has 1 amide bonds. The van der Waals surface area contributed by atoms with E-state index >= 15 is 0 Å². The molecule has 4 nitrogen and oxygen atoms in total. The van der Waals surface area contributed by atoms with Crippen LogP contribution in [0, 0.1) is 0 Å². The first-order valence-corrected chi connectivity index (χ1v) is 5.20. The fourth-order valence-electron chi connectivity index (χ4n) is 1.08. The fraction of sp³-hybridized carbons (Fsp3) is 0. The maximum absolute atomic E-state index is 11.6. The Labute approximate surface area is 90.8 Å². The van der Waals surface area contributed by atoms with Gasteiger partial charge in [-0.25, -0.2) is 4.98 Å². The Kier molecular flexibility index (Phi) is 2.64. The molecule has 76 valence electrons. The largest absolute Gasteiger partial charge is 0.384 e. The number of nitrogens with two attached hydrogens (primary N) is 1. The lowest BCUT2D eigenvalue weighted by molar-refractivity contribution is 0.103. The molecule has 0 saturated heterocycles. The number of thiophene rings is 1. The number of aromatic nitrogens is 1. The van der Waals surface area contributed by atoms with Crippen LogP contribution in [0.1, 0.15) is 9.67 Å². The van der Waals surface area contributed by atoms with Gasteiger partial charge in [0.15, 0.2) is 0 Å². The molecule has 15 heavy (non-hydrogen) atoms. The summed E-state index contributed by atoms with van der Waals surface area (Å²) < 4.78 is 0. The topological polar surface area (TPSA) is 68.0 Å². The molecular formula is C10H9N3OS. The second-order valence-corrected chi connectivity index (χ2v) is 3.85. The van der Waals surface area contributed by atoms with Crippen molar-refractivity contribution < 1.29 is 4.79 Å². The summed E-state index contributed by atoms with van der Waals surface area (Å²) in [6, 6.07) is 6.96. The third kappa shape index (κ3) is 2.32. The quantitative estimate of drug-likeness (QED) is 0.811. The van der Waals surface area contributed by atoms with E-state index < -0.39 is 0 Å². The van der Waals surface area contributed by atoms with Crippen molar-refractivity contribution >= 4 is 28.7 Å². The fourth-order valence-corrected chi connectivity index (χ4v) is 1.70. The van der Waals surface area contributed by atoms with Gasteiger partial charge >= 0.3 is 0 Å². The number of carbonyl (C=O) groups is 1. The molecule has 5 heteroatoms. The molecule has 0 radical (unpaired) electrons. The Bertz CT molecular complexity index is 450. The smallest absolute Gasteiger partial charge is 0.265 e. The van der Waals surface area contributed by atoms with Crippen LogP contribution < -0.4 is 11.1 Å². The zero-order chi connectivity index (χ0) is 10.7. The highest BCUT2D eigenvalue weighted by atomic mass is 32.1. The van der Waals surface area contributed by atoms with Crippen LogP contribution in [0.15, 0.2) is 35.8 Å². The molecule has 0 unspecified atom stereocenters. The predicted octanol–water partition coefficient (Wildman–Crippen LogP) is 1.98. The van der Waals surface area contributed by atoms with Gasteiger partial charge in [0, 0.05) is 0 Å². The normalized spacial score (nSPS) is 9.87. The van der Waals surface area contributed by atoms with E-state index in [9.17, 15) is 4.79 Å². The lowest BCUT2D eigenvalue weighted by Crippen LogP contribution is -2.10. The highest BCUT2D eigenvalue weighted by Crippen LogP contribution is 2.12. The minimum absolute atomic E-state index is 0.128. The standard InChI is InChI=1S/C10H9N3OS/c11-9-4-3-7(6-12-9)13-10(14)8-2-1-5-15-8/h1-6H,(H2,11,12)(H,13,14). The van der Waals surface area contributed by atoms with E-state index in [2.05, 4.69) is 10.3 Å². The molecule has 0 aliphatic rings. The molecule has 0 spiro atoms. The first kappa shape index (κ1) is 9.67. The van der Waals surface area contributed by atoms with Crippen LogP contribution in [-0.2, 0) is 0 Å². The lowest BCUT2D eigenvalue weighted by Gasteiger charge is -2.02. The molecule has 0 saturated carbocycles. The van der Waals surface area contributed by atoms with Crippen molar-refractivity contribution in [3.8, 4) is 0 Å². The minimum atomic E-state index is -0.128. The van der Waals surface area contributed by atoms with Crippen LogP contribution in [0.2, 0.25) is 0 Å². The van der Waals surface area contributed by atoms with Gasteiger partial charge in [0.1, 0.15) is 5.82 Å². The van der Waals surface area contributed by atoms with Gasteiger partial charge < -0.3 is 11.1 Å².